The van der Waals surface area contributed by atoms with E-state index in [2.05, 4.69) is 31.3 Å². The molecule has 0 aliphatic heterocycles. The van der Waals surface area contributed by atoms with Crippen molar-refractivity contribution in [3.8, 4) is 0 Å². The van der Waals surface area contributed by atoms with Gasteiger partial charge in [-0.15, -0.1) is 0 Å². The molecule has 0 spiro atoms. The van der Waals surface area contributed by atoms with E-state index in [1.165, 1.54) is 12.0 Å². The molecule has 0 aliphatic carbocycles. The highest BCUT2D eigenvalue weighted by Gasteiger charge is 2.03. The highest BCUT2D eigenvalue weighted by Crippen LogP contribution is 2.14. The van der Waals surface area contributed by atoms with Gasteiger partial charge in [-0.2, -0.15) is 0 Å². The van der Waals surface area contributed by atoms with Gasteiger partial charge in [0.25, 0.3) is 0 Å². The first kappa shape index (κ1) is 12.2. The maximum Gasteiger partial charge on any atom is 0.0797 e. The third kappa shape index (κ3) is 4.96. The van der Waals surface area contributed by atoms with Crippen molar-refractivity contribution in [3.05, 3.63) is 35.9 Å². The predicted molar refractivity (Wildman–Crippen MR) is 64.0 cm³/mol. The van der Waals surface area contributed by atoms with Crippen LogP contribution in [0.3, 0.4) is 0 Å². The molecule has 1 aromatic carbocycles. The van der Waals surface area contributed by atoms with E-state index < -0.39 is 0 Å². The van der Waals surface area contributed by atoms with Gasteiger partial charge < -0.3 is 10.1 Å². The fourth-order valence-electron chi connectivity index (χ4n) is 1.43. The third-order valence-corrected chi connectivity index (χ3v) is 2.34. The van der Waals surface area contributed by atoms with Crippen LogP contribution >= 0.6 is 0 Å². The first-order valence-corrected chi connectivity index (χ1v) is 5.72. The average Bonchev–Trinajstić information content (AvgIpc) is 2.30. The molecule has 1 atom stereocenters. The number of hydrogen-bond donors (Lipinski definition) is 1. The fourth-order valence-corrected chi connectivity index (χ4v) is 1.43. The van der Waals surface area contributed by atoms with Crippen LogP contribution in [0.4, 0.5) is 0 Å². The summed E-state index contributed by atoms with van der Waals surface area (Å²) in [6.07, 6.45) is 1.36. The SMILES string of the molecule is CCCNCCOC(C)c1ccccc1. The van der Waals surface area contributed by atoms with Gasteiger partial charge in [-0.1, -0.05) is 37.3 Å². The van der Waals surface area contributed by atoms with Crippen LogP contribution in [0.5, 0.6) is 0 Å². The third-order valence-electron chi connectivity index (χ3n) is 2.34. The fraction of sp³-hybridized carbons (Fsp3) is 0.538. The summed E-state index contributed by atoms with van der Waals surface area (Å²) in [4.78, 5) is 0. The van der Waals surface area contributed by atoms with Gasteiger partial charge in [0.15, 0.2) is 0 Å². The second-order valence-electron chi connectivity index (χ2n) is 3.67. The summed E-state index contributed by atoms with van der Waals surface area (Å²) < 4.78 is 5.71. The maximum atomic E-state index is 5.71. The topological polar surface area (TPSA) is 21.3 Å². The van der Waals surface area contributed by atoms with Gasteiger partial charge in [0.1, 0.15) is 0 Å². The number of hydrogen-bond acceptors (Lipinski definition) is 2. The first-order chi connectivity index (χ1) is 7.34. The minimum atomic E-state index is 0.189. The normalized spacial score (nSPS) is 12.7. The van der Waals surface area contributed by atoms with Crippen molar-refractivity contribution in [2.75, 3.05) is 19.7 Å². The molecule has 1 aromatic rings. The molecule has 0 amide bonds. The quantitative estimate of drug-likeness (QED) is 0.694. The van der Waals surface area contributed by atoms with E-state index in [-0.39, 0.29) is 6.10 Å². The maximum absolute atomic E-state index is 5.71. The molecule has 2 nitrogen and oxygen atoms in total. The Morgan fingerprint density at radius 3 is 2.60 bits per heavy atom. The van der Waals surface area contributed by atoms with Crippen molar-refractivity contribution >= 4 is 0 Å². The molecule has 0 fully saturated rings. The molecule has 2 heteroatoms. The van der Waals surface area contributed by atoms with Crippen LogP contribution in [-0.4, -0.2) is 19.7 Å². The minimum Gasteiger partial charge on any atom is -0.373 e. The molecule has 15 heavy (non-hydrogen) atoms. The zero-order chi connectivity index (χ0) is 10.9. The Labute approximate surface area is 92.6 Å². The lowest BCUT2D eigenvalue weighted by atomic mass is 10.1. The smallest absolute Gasteiger partial charge is 0.0797 e. The molecule has 84 valence electrons. The second-order valence-corrected chi connectivity index (χ2v) is 3.67. The molecule has 0 heterocycles. The molecular formula is C13H21NO. The Bertz CT molecular complexity index is 248. The van der Waals surface area contributed by atoms with Crippen LogP contribution in [0.1, 0.15) is 31.9 Å². The Kier molecular flexibility index (Phi) is 6.05. The summed E-state index contributed by atoms with van der Waals surface area (Å²) in [5.74, 6) is 0. The highest BCUT2D eigenvalue weighted by atomic mass is 16.5. The van der Waals surface area contributed by atoms with Gasteiger partial charge in [0, 0.05) is 6.54 Å². The summed E-state index contributed by atoms with van der Waals surface area (Å²) in [5.41, 5.74) is 1.24. The average molecular weight is 207 g/mol. The first-order valence-electron chi connectivity index (χ1n) is 5.72. The van der Waals surface area contributed by atoms with E-state index >= 15 is 0 Å². The van der Waals surface area contributed by atoms with Crippen LogP contribution in [0, 0.1) is 0 Å². The van der Waals surface area contributed by atoms with Gasteiger partial charge in [-0.05, 0) is 25.5 Å². The van der Waals surface area contributed by atoms with Crippen LogP contribution in [-0.2, 0) is 4.74 Å². The summed E-state index contributed by atoms with van der Waals surface area (Å²) in [5, 5.41) is 3.32. The van der Waals surface area contributed by atoms with E-state index in [4.69, 9.17) is 4.74 Å². The second kappa shape index (κ2) is 7.43. The molecule has 0 radical (unpaired) electrons. The Morgan fingerprint density at radius 1 is 1.20 bits per heavy atom. The summed E-state index contributed by atoms with van der Waals surface area (Å²) >= 11 is 0. The van der Waals surface area contributed by atoms with Crippen LogP contribution in [0.25, 0.3) is 0 Å². The zero-order valence-electron chi connectivity index (χ0n) is 9.70. The van der Waals surface area contributed by atoms with Crippen LogP contribution in [0.2, 0.25) is 0 Å². The highest BCUT2D eigenvalue weighted by molar-refractivity contribution is 5.16. The monoisotopic (exact) mass is 207 g/mol. The Morgan fingerprint density at radius 2 is 1.93 bits per heavy atom. The van der Waals surface area contributed by atoms with Gasteiger partial charge in [0.05, 0.1) is 12.7 Å². The van der Waals surface area contributed by atoms with Gasteiger partial charge in [-0.3, -0.25) is 0 Å². The molecule has 0 bridgehead atoms. The lowest BCUT2D eigenvalue weighted by Crippen LogP contribution is -2.21. The zero-order valence-corrected chi connectivity index (χ0v) is 9.70. The van der Waals surface area contributed by atoms with Crippen molar-refractivity contribution < 1.29 is 4.74 Å². The number of nitrogens with one attached hydrogen (secondary N) is 1. The molecule has 0 aromatic heterocycles. The van der Waals surface area contributed by atoms with Crippen molar-refractivity contribution in [1.82, 2.24) is 5.32 Å². The molecule has 1 N–H and O–H groups in total. The van der Waals surface area contributed by atoms with Gasteiger partial charge >= 0.3 is 0 Å². The number of benzene rings is 1. The summed E-state index contributed by atoms with van der Waals surface area (Å²) in [6.45, 7) is 7.04. The molecule has 1 unspecified atom stereocenters. The van der Waals surface area contributed by atoms with Crippen molar-refractivity contribution in [3.63, 3.8) is 0 Å². The minimum absolute atomic E-state index is 0.189. The molecule has 0 saturated carbocycles. The molecule has 0 aliphatic rings. The van der Waals surface area contributed by atoms with E-state index in [1.54, 1.807) is 0 Å². The van der Waals surface area contributed by atoms with Gasteiger partial charge in [0.2, 0.25) is 0 Å². The number of ether oxygens (including phenoxy) is 1. The standard InChI is InChI=1S/C13H21NO/c1-3-9-14-10-11-15-12(2)13-7-5-4-6-8-13/h4-8,12,14H,3,9-11H2,1-2H3. The largest absolute Gasteiger partial charge is 0.373 e. The predicted octanol–water partition coefficient (Wildman–Crippen LogP) is 2.76. The van der Waals surface area contributed by atoms with Crippen LogP contribution < -0.4 is 5.32 Å². The van der Waals surface area contributed by atoms with Gasteiger partial charge in [-0.25, -0.2) is 0 Å². The lowest BCUT2D eigenvalue weighted by Gasteiger charge is -2.13. The van der Waals surface area contributed by atoms with E-state index in [0.717, 1.165) is 19.7 Å². The van der Waals surface area contributed by atoms with Crippen molar-refractivity contribution in [2.45, 2.75) is 26.4 Å². The van der Waals surface area contributed by atoms with E-state index in [9.17, 15) is 0 Å². The van der Waals surface area contributed by atoms with E-state index in [1.807, 2.05) is 18.2 Å². The Balaban J connectivity index is 2.16. The van der Waals surface area contributed by atoms with Crippen LogP contribution in [0.15, 0.2) is 30.3 Å². The molecule has 0 saturated heterocycles. The molecule has 1 rings (SSSR count). The van der Waals surface area contributed by atoms with Crippen molar-refractivity contribution in [1.29, 1.82) is 0 Å². The van der Waals surface area contributed by atoms with E-state index in [0.29, 0.717) is 0 Å². The van der Waals surface area contributed by atoms with Crippen molar-refractivity contribution in [2.24, 2.45) is 0 Å². The summed E-state index contributed by atoms with van der Waals surface area (Å²) in [7, 11) is 0. The lowest BCUT2D eigenvalue weighted by molar-refractivity contribution is 0.0679. The number of rotatable bonds is 7. The molecular weight excluding hydrogens is 186 g/mol. The summed E-state index contributed by atoms with van der Waals surface area (Å²) in [6, 6.07) is 10.3. The Hall–Kier alpha value is -0.860.